The highest BCUT2D eigenvalue weighted by Gasteiger charge is 2.08. The van der Waals surface area contributed by atoms with Crippen LogP contribution in [0.2, 0.25) is 0 Å². The Morgan fingerprint density at radius 2 is 1.85 bits per heavy atom. The van der Waals surface area contributed by atoms with Crippen molar-refractivity contribution in [3.8, 4) is 17.6 Å². The van der Waals surface area contributed by atoms with E-state index in [9.17, 15) is 5.26 Å². The molecule has 102 valence electrons. The molecule has 0 saturated heterocycles. The fourth-order valence-electron chi connectivity index (χ4n) is 1.93. The van der Waals surface area contributed by atoms with E-state index in [1.54, 1.807) is 12.1 Å². The molecule has 4 heteroatoms. The summed E-state index contributed by atoms with van der Waals surface area (Å²) in [6.45, 7) is 4.01. The van der Waals surface area contributed by atoms with Crippen LogP contribution in [0.3, 0.4) is 0 Å². The zero-order chi connectivity index (χ0) is 14.7. The molecule has 0 atom stereocenters. The second kappa shape index (κ2) is 6.30. The Hall–Kier alpha value is -1.50. The SMILES string of the molecule is Cc1cc(Oc2ccc(CCl)cc2C#N)cc(C)c1Br. The van der Waals surface area contributed by atoms with Gasteiger partial charge in [-0.05, 0) is 54.8 Å². The summed E-state index contributed by atoms with van der Waals surface area (Å²) >= 11 is 9.30. The lowest BCUT2D eigenvalue weighted by Gasteiger charge is -2.11. The fraction of sp³-hybridized carbons (Fsp3) is 0.188. The van der Waals surface area contributed by atoms with Gasteiger partial charge in [-0.15, -0.1) is 11.6 Å². The molecule has 2 aromatic rings. The minimum absolute atomic E-state index is 0.380. The average molecular weight is 351 g/mol. The van der Waals surface area contributed by atoms with Crippen LogP contribution in [0.25, 0.3) is 0 Å². The van der Waals surface area contributed by atoms with Crippen LogP contribution in [0.5, 0.6) is 11.5 Å². The molecule has 0 radical (unpaired) electrons. The smallest absolute Gasteiger partial charge is 0.145 e. The van der Waals surface area contributed by atoms with Gasteiger partial charge in [-0.25, -0.2) is 0 Å². The maximum atomic E-state index is 9.19. The summed E-state index contributed by atoms with van der Waals surface area (Å²) in [4.78, 5) is 0. The van der Waals surface area contributed by atoms with Gasteiger partial charge in [0.1, 0.15) is 17.6 Å². The highest BCUT2D eigenvalue weighted by atomic mass is 79.9. The molecule has 0 spiro atoms. The molecule has 2 aromatic carbocycles. The van der Waals surface area contributed by atoms with Gasteiger partial charge in [0, 0.05) is 10.4 Å². The maximum Gasteiger partial charge on any atom is 0.145 e. The Bertz CT molecular complexity index is 668. The molecular weight excluding hydrogens is 338 g/mol. The molecular formula is C16H13BrClNO. The molecule has 2 rings (SSSR count). The third kappa shape index (κ3) is 3.15. The van der Waals surface area contributed by atoms with Crippen molar-refractivity contribution in [1.29, 1.82) is 5.26 Å². The molecule has 0 aliphatic carbocycles. The minimum atomic E-state index is 0.380. The van der Waals surface area contributed by atoms with E-state index in [-0.39, 0.29) is 0 Å². The van der Waals surface area contributed by atoms with E-state index in [2.05, 4.69) is 22.0 Å². The number of rotatable bonds is 3. The largest absolute Gasteiger partial charge is 0.456 e. The molecule has 0 N–H and O–H groups in total. The van der Waals surface area contributed by atoms with Gasteiger partial charge in [0.05, 0.1) is 5.56 Å². The van der Waals surface area contributed by atoms with Crippen molar-refractivity contribution in [2.75, 3.05) is 0 Å². The van der Waals surface area contributed by atoms with Crippen molar-refractivity contribution in [3.05, 3.63) is 57.1 Å². The summed E-state index contributed by atoms with van der Waals surface area (Å²) in [6.07, 6.45) is 0. The molecule has 0 saturated carbocycles. The van der Waals surface area contributed by atoms with Gasteiger partial charge in [-0.2, -0.15) is 5.26 Å². The van der Waals surface area contributed by atoms with E-state index in [0.717, 1.165) is 26.9 Å². The molecule has 0 heterocycles. The third-order valence-corrected chi connectivity index (χ3v) is 4.52. The molecule has 0 bridgehead atoms. The normalized spacial score (nSPS) is 10.2. The zero-order valence-electron chi connectivity index (χ0n) is 11.2. The van der Waals surface area contributed by atoms with Crippen molar-refractivity contribution in [1.82, 2.24) is 0 Å². The third-order valence-electron chi connectivity index (χ3n) is 2.96. The second-order valence-electron chi connectivity index (χ2n) is 4.55. The quantitative estimate of drug-likeness (QED) is 0.688. The number of aryl methyl sites for hydroxylation is 2. The molecule has 0 aliphatic heterocycles. The van der Waals surface area contributed by atoms with Gasteiger partial charge in [-0.3, -0.25) is 0 Å². The van der Waals surface area contributed by atoms with Crippen LogP contribution in [0.4, 0.5) is 0 Å². The summed E-state index contributed by atoms with van der Waals surface area (Å²) in [7, 11) is 0. The monoisotopic (exact) mass is 349 g/mol. The number of benzene rings is 2. The maximum absolute atomic E-state index is 9.19. The molecule has 0 fully saturated rings. The number of alkyl halides is 1. The number of halogens is 2. The van der Waals surface area contributed by atoms with E-state index < -0.39 is 0 Å². The average Bonchev–Trinajstić information content (AvgIpc) is 2.45. The summed E-state index contributed by atoms with van der Waals surface area (Å²) in [6, 6.07) is 11.4. The van der Waals surface area contributed by atoms with Crippen LogP contribution in [0.1, 0.15) is 22.3 Å². The molecule has 0 aliphatic rings. The van der Waals surface area contributed by atoms with Gasteiger partial charge in [0.2, 0.25) is 0 Å². The van der Waals surface area contributed by atoms with E-state index in [1.165, 1.54) is 0 Å². The van der Waals surface area contributed by atoms with E-state index >= 15 is 0 Å². The highest BCUT2D eigenvalue weighted by Crippen LogP contribution is 2.31. The lowest BCUT2D eigenvalue weighted by atomic mass is 10.1. The second-order valence-corrected chi connectivity index (χ2v) is 5.61. The van der Waals surface area contributed by atoms with E-state index in [1.807, 2.05) is 32.0 Å². The predicted octanol–water partition coefficient (Wildman–Crippen LogP) is 5.47. The molecule has 0 aromatic heterocycles. The molecule has 0 amide bonds. The Labute approximate surface area is 132 Å². The zero-order valence-corrected chi connectivity index (χ0v) is 13.5. The van der Waals surface area contributed by atoms with Gasteiger partial charge in [-0.1, -0.05) is 22.0 Å². The van der Waals surface area contributed by atoms with Crippen LogP contribution < -0.4 is 4.74 Å². The van der Waals surface area contributed by atoms with Crippen molar-refractivity contribution < 1.29 is 4.74 Å². The van der Waals surface area contributed by atoms with Gasteiger partial charge >= 0.3 is 0 Å². The Morgan fingerprint density at radius 1 is 1.20 bits per heavy atom. The number of nitrogens with zero attached hydrogens (tertiary/aromatic N) is 1. The van der Waals surface area contributed by atoms with E-state index in [0.29, 0.717) is 17.2 Å². The van der Waals surface area contributed by atoms with Crippen LogP contribution in [-0.2, 0) is 5.88 Å². The lowest BCUT2D eigenvalue weighted by molar-refractivity contribution is 0.480. The predicted molar refractivity (Wildman–Crippen MR) is 84.4 cm³/mol. The van der Waals surface area contributed by atoms with Gasteiger partial charge < -0.3 is 4.74 Å². The van der Waals surface area contributed by atoms with Crippen molar-refractivity contribution in [3.63, 3.8) is 0 Å². The molecule has 2 nitrogen and oxygen atoms in total. The first-order chi connectivity index (χ1) is 9.55. The first-order valence-electron chi connectivity index (χ1n) is 6.08. The van der Waals surface area contributed by atoms with Crippen molar-refractivity contribution >= 4 is 27.5 Å². The number of nitriles is 1. The van der Waals surface area contributed by atoms with Crippen LogP contribution in [0, 0.1) is 25.2 Å². The summed E-state index contributed by atoms with van der Waals surface area (Å²) < 4.78 is 6.90. The van der Waals surface area contributed by atoms with Crippen LogP contribution in [-0.4, -0.2) is 0 Å². The minimum Gasteiger partial charge on any atom is -0.456 e. The van der Waals surface area contributed by atoms with Crippen molar-refractivity contribution in [2.45, 2.75) is 19.7 Å². The molecule has 20 heavy (non-hydrogen) atoms. The fourth-order valence-corrected chi connectivity index (χ4v) is 2.32. The Morgan fingerprint density at radius 3 is 2.40 bits per heavy atom. The highest BCUT2D eigenvalue weighted by molar-refractivity contribution is 9.10. The number of hydrogen-bond acceptors (Lipinski definition) is 2. The van der Waals surface area contributed by atoms with E-state index in [4.69, 9.17) is 16.3 Å². The summed E-state index contributed by atoms with van der Waals surface area (Å²) in [5, 5.41) is 9.19. The summed E-state index contributed by atoms with van der Waals surface area (Å²) in [5.74, 6) is 1.65. The standard InChI is InChI=1S/C16H13BrClNO/c1-10-5-14(6-11(2)16(10)17)20-15-4-3-12(8-18)7-13(15)9-19/h3-7H,8H2,1-2H3. The Balaban J connectivity index is 2.38. The lowest BCUT2D eigenvalue weighted by Crippen LogP contribution is -1.92. The van der Waals surface area contributed by atoms with Gasteiger partial charge in [0.15, 0.2) is 0 Å². The Kier molecular flexibility index (Phi) is 4.69. The number of ether oxygens (including phenoxy) is 1. The van der Waals surface area contributed by atoms with Gasteiger partial charge in [0.25, 0.3) is 0 Å². The van der Waals surface area contributed by atoms with Crippen molar-refractivity contribution in [2.24, 2.45) is 0 Å². The first kappa shape index (κ1) is 14.9. The first-order valence-corrected chi connectivity index (χ1v) is 7.41. The molecule has 0 unspecified atom stereocenters. The topological polar surface area (TPSA) is 33.0 Å². The van der Waals surface area contributed by atoms with Crippen LogP contribution >= 0.6 is 27.5 Å². The number of hydrogen-bond donors (Lipinski definition) is 0. The summed E-state index contributed by atoms with van der Waals surface area (Å²) in [5.41, 5.74) is 3.58. The van der Waals surface area contributed by atoms with Crippen LogP contribution in [0.15, 0.2) is 34.8 Å².